The summed E-state index contributed by atoms with van der Waals surface area (Å²) in [5.41, 5.74) is 5.72. The first-order valence-electron chi connectivity index (χ1n) is 4.49. The molecule has 4 N–H and O–H groups in total. The number of hydrogen-bond acceptors (Lipinski definition) is 5. The van der Waals surface area contributed by atoms with Crippen molar-refractivity contribution in [2.45, 2.75) is 19.3 Å². The number of rotatable bonds is 4. The summed E-state index contributed by atoms with van der Waals surface area (Å²) in [6, 6.07) is 0. The van der Waals surface area contributed by atoms with E-state index in [1.807, 2.05) is 0 Å². The molecule has 5 nitrogen and oxygen atoms in total. The van der Waals surface area contributed by atoms with Crippen LogP contribution in [0.3, 0.4) is 0 Å². The molecule has 0 bridgehead atoms. The van der Waals surface area contributed by atoms with Gasteiger partial charge in [0, 0.05) is 0 Å². The van der Waals surface area contributed by atoms with Crippen LogP contribution >= 0.6 is 24.2 Å². The Morgan fingerprint density at radius 3 is 2.80 bits per heavy atom. The number of nitrogens with one attached hydrogen (secondary N) is 1. The van der Waals surface area contributed by atoms with E-state index in [4.69, 9.17) is 22.7 Å². The second kappa shape index (κ2) is 5.27. The third-order valence-electron chi connectivity index (χ3n) is 1.96. The summed E-state index contributed by atoms with van der Waals surface area (Å²) >= 11 is 9.93. The molecular weight excluding hydrogens is 236 g/mol. The van der Waals surface area contributed by atoms with Crippen molar-refractivity contribution >= 4 is 30.2 Å². The predicted octanol–water partition coefficient (Wildman–Crippen LogP) is 1.09. The Balaban J connectivity index is 2.94. The molecule has 1 rings (SSSR count). The fourth-order valence-corrected chi connectivity index (χ4v) is 1.59. The third kappa shape index (κ3) is 2.79. The van der Waals surface area contributed by atoms with Crippen molar-refractivity contribution < 1.29 is 5.21 Å². The Bertz CT molecular complexity index is 406. The van der Waals surface area contributed by atoms with Crippen LogP contribution in [0.2, 0.25) is 5.02 Å². The van der Waals surface area contributed by atoms with E-state index in [9.17, 15) is 5.21 Å². The van der Waals surface area contributed by atoms with Crippen molar-refractivity contribution in [3.63, 3.8) is 0 Å². The van der Waals surface area contributed by atoms with Gasteiger partial charge in [-0.25, -0.2) is 4.98 Å². The zero-order valence-corrected chi connectivity index (χ0v) is 9.72. The van der Waals surface area contributed by atoms with Crippen LogP contribution in [0.4, 0.5) is 5.95 Å². The molecule has 0 saturated heterocycles. The minimum absolute atomic E-state index is 0.120. The highest BCUT2D eigenvalue weighted by atomic mass is 35.5. The van der Waals surface area contributed by atoms with Gasteiger partial charge in [0.15, 0.2) is 5.49 Å². The summed E-state index contributed by atoms with van der Waals surface area (Å²) in [5, 5.41) is 16.8. The maximum absolute atomic E-state index is 9.23. The molecule has 15 heavy (non-hydrogen) atoms. The number of halogens is 1. The van der Waals surface area contributed by atoms with Crippen molar-refractivity contribution in [3.05, 3.63) is 16.2 Å². The average molecular weight is 249 g/mol. The Hall–Kier alpha value is -0.880. The highest BCUT2D eigenvalue weighted by Gasteiger charge is 2.09. The van der Waals surface area contributed by atoms with Gasteiger partial charge in [0.2, 0.25) is 5.95 Å². The molecule has 84 valence electrons. The highest BCUT2D eigenvalue weighted by molar-refractivity contribution is 7.80. The lowest BCUT2D eigenvalue weighted by Gasteiger charge is -2.07. The Kier molecular flexibility index (Phi) is 4.28. The van der Waals surface area contributed by atoms with Crippen LogP contribution in [-0.2, 0) is 6.42 Å². The monoisotopic (exact) mass is 248 g/mol. The Morgan fingerprint density at radius 2 is 2.20 bits per heavy atom. The smallest absolute Gasteiger partial charge is 0.236 e. The molecular formula is C8H13ClN4OS. The van der Waals surface area contributed by atoms with Gasteiger partial charge in [-0.1, -0.05) is 11.6 Å². The first-order chi connectivity index (χ1) is 7.07. The van der Waals surface area contributed by atoms with Crippen LogP contribution < -0.4 is 11.2 Å². The van der Waals surface area contributed by atoms with Gasteiger partial charge in [-0.05, 0) is 25.0 Å². The minimum Gasteiger partial charge on any atom is -0.423 e. The molecule has 0 radical (unpaired) electrons. The number of hydrogen-bond donors (Lipinski definition) is 4. The molecule has 7 heteroatoms. The maximum atomic E-state index is 9.23. The van der Waals surface area contributed by atoms with Crippen LogP contribution in [0.1, 0.15) is 18.5 Å². The molecule has 0 saturated carbocycles. The molecule has 1 aromatic heterocycles. The Labute approximate surface area is 97.8 Å². The molecule has 0 aliphatic carbocycles. The normalized spacial score (nSPS) is 10.5. The molecule has 1 aromatic rings. The molecule has 0 atom stereocenters. The van der Waals surface area contributed by atoms with Crippen LogP contribution in [0.15, 0.2) is 0 Å². The van der Waals surface area contributed by atoms with E-state index in [0.717, 1.165) is 18.6 Å². The van der Waals surface area contributed by atoms with Crippen molar-refractivity contribution in [1.29, 1.82) is 5.41 Å². The molecule has 0 unspecified atom stereocenters. The van der Waals surface area contributed by atoms with E-state index >= 15 is 0 Å². The SMILES string of the molecule is N=c1c(Cl)c(CCCCS)nc(N)n1O. The first-order valence-corrected chi connectivity index (χ1v) is 5.50. The second-order valence-corrected chi connectivity index (χ2v) is 3.90. The molecule has 1 heterocycles. The van der Waals surface area contributed by atoms with Gasteiger partial charge in [0.05, 0.1) is 5.69 Å². The summed E-state index contributed by atoms with van der Waals surface area (Å²) in [4.78, 5) is 3.92. The van der Waals surface area contributed by atoms with Gasteiger partial charge in [0.1, 0.15) is 5.02 Å². The van der Waals surface area contributed by atoms with Crippen LogP contribution in [0, 0.1) is 5.41 Å². The topological polar surface area (TPSA) is 87.9 Å². The van der Waals surface area contributed by atoms with Crippen molar-refractivity contribution in [2.75, 3.05) is 11.5 Å². The number of anilines is 1. The van der Waals surface area contributed by atoms with E-state index in [1.54, 1.807) is 0 Å². The maximum Gasteiger partial charge on any atom is 0.236 e. The van der Waals surface area contributed by atoms with Crippen molar-refractivity contribution in [2.24, 2.45) is 0 Å². The summed E-state index contributed by atoms with van der Waals surface area (Å²) in [6.07, 6.45) is 2.46. The number of nitrogens with zero attached hydrogens (tertiary/aromatic N) is 2. The van der Waals surface area contributed by atoms with Gasteiger partial charge in [-0.3, -0.25) is 5.41 Å². The summed E-state index contributed by atoms with van der Waals surface area (Å²) in [6.45, 7) is 0. The number of aryl methyl sites for hydroxylation is 1. The molecule has 0 aliphatic heterocycles. The van der Waals surface area contributed by atoms with Crippen molar-refractivity contribution in [3.8, 4) is 0 Å². The Morgan fingerprint density at radius 1 is 1.53 bits per heavy atom. The van der Waals surface area contributed by atoms with Crippen LogP contribution in [0.5, 0.6) is 0 Å². The average Bonchev–Trinajstić information content (AvgIpc) is 2.23. The fourth-order valence-electron chi connectivity index (χ4n) is 1.15. The lowest BCUT2D eigenvalue weighted by Crippen LogP contribution is -2.24. The zero-order chi connectivity index (χ0) is 11.4. The molecule has 0 aromatic carbocycles. The third-order valence-corrected chi connectivity index (χ3v) is 2.67. The van der Waals surface area contributed by atoms with Crippen molar-refractivity contribution in [1.82, 2.24) is 9.71 Å². The summed E-state index contributed by atoms with van der Waals surface area (Å²) < 4.78 is 0.463. The quantitative estimate of drug-likeness (QED) is 0.365. The minimum atomic E-state index is -0.231. The van der Waals surface area contributed by atoms with E-state index in [1.165, 1.54) is 0 Å². The molecule has 0 spiro atoms. The van der Waals surface area contributed by atoms with E-state index in [0.29, 0.717) is 16.8 Å². The number of nitrogen functional groups attached to an aromatic ring is 1. The van der Waals surface area contributed by atoms with Gasteiger partial charge >= 0.3 is 0 Å². The second-order valence-electron chi connectivity index (χ2n) is 3.07. The molecule has 0 amide bonds. The van der Waals surface area contributed by atoms with E-state index in [-0.39, 0.29) is 16.5 Å². The first kappa shape index (κ1) is 12.2. The number of nitrogens with two attached hydrogens (primary N) is 1. The largest absolute Gasteiger partial charge is 0.423 e. The van der Waals surface area contributed by atoms with E-state index in [2.05, 4.69) is 17.6 Å². The predicted molar refractivity (Wildman–Crippen MR) is 61.5 cm³/mol. The van der Waals surface area contributed by atoms with Crippen LogP contribution in [-0.4, -0.2) is 20.7 Å². The standard InChI is InChI=1S/C8H13ClN4OS/c9-6-5(3-1-2-4-15)12-8(11)13(14)7(6)10/h10,14-15H,1-4H2,(H2,11,12). The number of aromatic nitrogens is 2. The van der Waals surface area contributed by atoms with E-state index < -0.39 is 0 Å². The molecule has 0 aliphatic rings. The fraction of sp³-hybridized carbons (Fsp3) is 0.500. The molecule has 0 fully saturated rings. The van der Waals surface area contributed by atoms with Gasteiger partial charge in [-0.2, -0.15) is 12.6 Å². The lowest BCUT2D eigenvalue weighted by molar-refractivity contribution is 0.173. The number of unbranched alkanes of at least 4 members (excludes halogenated alkanes) is 1. The van der Waals surface area contributed by atoms with Crippen LogP contribution in [0.25, 0.3) is 0 Å². The zero-order valence-electron chi connectivity index (χ0n) is 8.07. The summed E-state index contributed by atoms with van der Waals surface area (Å²) in [5.74, 6) is 0.679. The highest BCUT2D eigenvalue weighted by Crippen LogP contribution is 2.12. The van der Waals surface area contributed by atoms with Gasteiger partial charge < -0.3 is 10.9 Å². The van der Waals surface area contributed by atoms with Gasteiger partial charge in [0.25, 0.3) is 0 Å². The summed E-state index contributed by atoms with van der Waals surface area (Å²) in [7, 11) is 0. The van der Waals surface area contributed by atoms with Gasteiger partial charge in [-0.15, -0.1) is 4.73 Å². The number of thiol groups is 1. The lowest BCUT2D eigenvalue weighted by atomic mass is 10.2.